The lowest BCUT2D eigenvalue weighted by Crippen LogP contribution is -2.34. The van der Waals surface area contributed by atoms with Crippen molar-refractivity contribution in [2.45, 2.75) is 32.7 Å². The first kappa shape index (κ1) is 23.7. The Morgan fingerprint density at radius 3 is 2.52 bits per heavy atom. The van der Waals surface area contributed by atoms with Gasteiger partial charge in [0, 0.05) is 46.7 Å². The fraction of sp³-hybridized carbons (Fsp3) is 0.333. The first-order valence-electron chi connectivity index (χ1n) is 11.5. The van der Waals surface area contributed by atoms with Crippen molar-refractivity contribution in [2.75, 3.05) is 19.6 Å². The van der Waals surface area contributed by atoms with Crippen molar-refractivity contribution in [3.63, 3.8) is 0 Å². The van der Waals surface area contributed by atoms with Crippen LogP contribution in [0.2, 0.25) is 10.0 Å². The standard InChI is InChI=1S/C27H29Cl2N3O/c1-19-15-26(29)24(17-31-19)23-16-22(7-8-25(23)28)27(33)30-12-9-20-10-13-32(14-11-20)18-21-5-3-2-4-6-21/h2-8,15-17,20H,9-14,18H2,1H3,(H,30,33). The van der Waals surface area contributed by atoms with Crippen LogP contribution in [-0.4, -0.2) is 35.4 Å². The van der Waals surface area contributed by atoms with Gasteiger partial charge in [0.1, 0.15) is 0 Å². The Bertz CT molecular complexity index is 1100. The number of piperidine rings is 1. The largest absolute Gasteiger partial charge is 0.352 e. The Morgan fingerprint density at radius 1 is 1.03 bits per heavy atom. The van der Waals surface area contributed by atoms with Gasteiger partial charge in [0.2, 0.25) is 0 Å². The fourth-order valence-corrected chi connectivity index (χ4v) is 4.89. The van der Waals surface area contributed by atoms with E-state index in [1.165, 1.54) is 18.4 Å². The molecule has 0 radical (unpaired) electrons. The molecule has 33 heavy (non-hydrogen) atoms. The summed E-state index contributed by atoms with van der Waals surface area (Å²) in [5.41, 5.74) is 4.22. The van der Waals surface area contributed by atoms with E-state index in [-0.39, 0.29) is 5.91 Å². The third-order valence-electron chi connectivity index (χ3n) is 6.30. The minimum Gasteiger partial charge on any atom is -0.352 e. The number of hydrogen-bond acceptors (Lipinski definition) is 3. The molecule has 172 valence electrons. The number of benzene rings is 2. The number of aryl methyl sites for hydroxylation is 1. The van der Waals surface area contributed by atoms with Crippen LogP contribution in [0, 0.1) is 12.8 Å². The maximum absolute atomic E-state index is 12.8. The number of nitrogens with one attached hydrogen (secondary N) is 1. The molecule has 1 N–H and O–H groups in total. The summed E-state index contributed by atoms with van der Waals surface area (Å²) in [6.07, 6.45) is 5.04. The van der Waals surface area contributed by atoms with Gasteiger partial charge in [-0.1, -0.05) is 53.5 Å². The van der Waals surface area contributed by atoms with Gasteiger partial charge >= 0.3 is 0 Å². The predicted octanol–water partition coefficient (Wildman–Crippen LogP) is 6.40. The van der Waals surface area contributed by atoms with Crippen LogP contribution in [0.25, 0.3) is 11.1 Å². The Balaban J connectivity index is 1.27. The number of hydrogen-bond donors (Lipinski definition) is 1. The Hall–Kier alpha value is -2.40. The van der Waals surface area contributed by atoms with E-state index in [9.17, 15) is 4.79 Å². The van der Waals surface area contributed by atoms with Crippen LogP contribution in [0.1, 0.15) is 40.9 Å². The molecule has 0 aliphatic carbocycles. The maximum Gasteiger partial charge on any atom is 0.251 e. The number of carbonyl (C=O) groups excluding carboxylic acids is 1. The van der Waals surface area contributed by atoms with E-state index in [4.69, 9.17) is 23.2 Å². The molecule has 1 aliphatic heterocycles. The van der Waals surface area contributed by atoms with E-state index in [0.717, 1.165) is 37.3 Å². The van der Waals surface area contributed by atoms with Gasteiger partial charge in [-0.05, 0) is 75.0 Å². The molecule has 2 heterocycles. The molecule has 2 aromatic carbocycles. The SMILES string of the molecule is Cc1cc(Cl)c(-c2cc(C(=O)NCCC3CCN(Cc4ccccc4)CC3)ccc2Cl)cn1. The van der Waals surface area contributed by atoms with Crippen LogP contribution in [0.15, 0.2) is 60.8 Å². The van der Waals surface area contributed by atoms with E-state index in [2.05, 4.69) is 45.5 Å². The molecule has 1 fully saturated rings. The number of rotatable bonds is 7. The summed E-state index contributed by atoms with van der Waals surface area (Å²) in [6, 6.07) is 17.7. The molecule has 0 saturated carbocycles. The third kappa shape index (κ3) is 6.35. The topological polar surface area (TPSA) is 45.2 Å². The van der Waals surface area contributed by atoms with E-state index in [1.54, 1.807) is 30.5 Å². The van der Waals surface area contributed by atoms with Gasteiger partial charge in [-0.2, -0.15) is 0 Å². The van der Waals surface area contributed by atoms with Crippen molar-refractivity contribution < 1.29 is 4.79 Å². The van der Waals surface area contributed by atoms with E-state index >= 15 is 0 Å². The van der Waals surface area contributed by atoms with Crippen molar-refractivity contribution >= 4 is 29.1 Å². The molecule has 3 aromatic rings. The van der Waals surface area contributed by atoms with Gasteiger partial charge in [0.15, 0.2) is 0 Å². The molecule has 0 bridgehead atoms. The number of amides is 1. The molecule has 0 spiro atoms. The zero-order valence-corrected chi connectivity index (χ0v) is 20.4. The minimum absolute atomic E-state index is 0.0920. The second-order valence-electron chi connectivity index (χ2n) is 8.75. The second-order valence-corrected chi connectivity index (χ2v) is 9.56. The van der Waals surface area contributed by atoms with E-state index in [1.807, 2.05) is 6.92 Å². The van der Waals surface area contributed by atoms with Gasteiger partial charge in [0.25, 0.3) is 5.91 Å². The number of carbonyl (C=O) groups is 1. The normalized spacial score (nSPS) is 14.9. The molecular weight excluding hydrogens is 453 g/mol. The lowest BCUT2D eigenvalue weighted by molar-refractivity contribution is 0.0947. The summed E-state index contributed by atoms with van der Waals surface area (Å²) in [4.78, 5) is 19.6. The molecule has 1 aliphatic rings. The molecule has 6 heteroatoms. The van der Waals surface area contributed by atoms with E-state index in [0.29, 0.717) is 33.6 Å². The Kier molecular flexibility index (Phi) is 8.02. The summed E-state index contributed by atoms with van der Waals surface area (Å²) in [5.74, 6) is 0.557. The average molecular weight is 482 g/mol. The lowest BCUT2D eigenvalue weighted by Gasteiger charge is -2.32. The van der Waals surface area contributed by atoms with Crippen molar-refractivity contribution in [3.8, 4) is 11.1 Å². The zero-order chi connectivity index (χ0) is 23.2. The zero-order valence-electron chi connectivity index (χ0n) is 18.9. The van der Waals surface area contributed by atoms with Gasteiger partial charge in [-0.15, -0.1) is 0 Å². The highest BCUT2D eigenvalue weighted by Crippen LogP contribution is 2.33. The van der Waals surface area contributed by atoms with Crippen molar-refractivity contribution in [3.05, 3.63) is 87.7 Å². The smallest absolute Gasteiger partial charge is 0.251 e. The Morgan fingerprint density at radius 2 is 1.79 bits per heavy atom. The average Bonchev–Trinajstić information content (AvgIpc) is 2.81. The van der Waals surface area contributed by atoms with Crippen LogP contribution in [-0.2, 0) is 6.54 Å². The highest BCUT2D eigenvalue weighted by Gasteiger charge is 2.19. The highest BCUT2D eigenvalue weighted by atomic mass is 35.5. The summed E-state index contributed by atoms with van der Waals surface area (Å²) >= 11 is 12.8. The second kappa shape index (κ2) is 11.1. The van der Waals surface area contributed by atoms with Crippen LogP contribution < -0.4 is 5.32 Å². The molecule has 4 nitrogen and oxygen atoms in total. The molecule has 0 unspecified atom stereocenters. The summed E-state index contributed by atoms with van der Waals surface area (Å²) in [7, 11) is 0. The fourth-order valence-electron chi connectivity index (χ4n) is 4.36. The molecule has 1 aromatic heterocycles. The van der Waals surface area contributed by atoms with Crippen LogP contribution in [0.5, 0.6) is 0 Å². The number of aromatic nitrogens is 1. The summed E-state index contributed by atoms with van der Waals surface area (Å²) in [6.45, 7) is 5.80. The van der Waals surface area contributed by atoms with E-state index < -0.39 is 0 Å². The van der Waals surface area contributed by atoms with Crippen LogP contribution in [0.4, 0.5) is 0 Å². The monoisotopic (exact) mass is 481 g/mol. The van der Waals surface area contributed by atoms with Crippen LogP contribution >= 0.6 is 23.2 Å². The predicted molar refractivity (Wildman–Crippen MR) is 136 cm³/mol. The van der Waals surface area contributed by atoms with Gasteiger partial charge in [0.05, 0.1) is 5.02 Å². The highest BCUT2D eigenvalue weighted by molar-refractivity contribution is 6.36. The quantitative estimate of drug-likeness (QED) is 0.424. The van der Waals surface area contributed by atoms with Gasteiger partial charge in [-0.25, -0.2) is 0 Å². The Labute approximate surface area is 205 Å². The number of halogens is 2. The number of likely N-dealkylation sites (tertiary alicyclic amines) is 1. The molecule has 0 atom stereocenters. The molecule has 1 saturated heterocycles. The molecule has 1 amide bonds. The summed E-state index contributed by atoms with van der Waals surface area (Å²) in [5, 5.41) is 4.19. The maximum atomic E-state index is 12.8. The number of nitrogens with zero attached hydrogens (tertiary/aromatic N) is 2. The number of pyridine rings is 1. The van der Waals surface area contributed by atoms with Crippen LogP contribution in [0.3, 0.4) is 0 Å². The van der Waals surface area contributed by atoms with Crippen molar-refractivity contribution in [1.29, 1.82) is 0 Å². The summed E-state index contributed by atoms with van der Waals surface area (Å²) < 4.78 is 0. The molecular formula is C27H29Cl2N3O. The van der Waals surface area contributed by atoms with Crippen molar-refractivity contribution in [2.24, 2.45) is 5.92 Å². The first-order chi connectivity index (χ1) is 16.0. The van der Waals surface area contributed by atoms with Crippen molar-refractivity contribution in [1.82, 2.24) is 15.2 Å². The lowest BCUT2D eigenvalue weighted by atomic mass is 9.93. The third-order valence-corrected chi connectivity index (χ3v) is 6.95. The van der Waals surface area contributed by atoms with Gasteiger partial charge < -0.3 is 5.32 Å². The molecule has 4 rings (SSSR count). The first-order valence-corrected chi connectivity index (χ1v) is 12.2. The van der Waals surface area contributed by atoms with Gasteiger partial charge in [-0.3, -0.25) is 14.7 Å². The minimum atomic E-state index is -0.0920.